The first-order valence-corrected chi connectivity index (χ1v) is 9.03. The van der Waals surface area contributed by atoms with Gasteiger partial charge in [-0.15, -0.1) is 0 Å². The summed E-state index contributed by atoms with van der Waals surface area (Å²) in [7, 11) is 3.54. The number of methoxy groups -OCH3 is 1. The number of benzene rings is 1. The van der Waals surface area contributed by atoms with Crippen LogP contribution in [0.2, 0.25) is 0 Å². The van der Waals surface area contributed by atoms with E-state index in [0.29, 0.717) is 6.04 Å². The molecular formula is C19H33N5O. The van der Waals surface area contributed by atoms with Gasteiger partial charge in [-0.3, -0.25) is 4.99 Å². The largest absolute Gasteiger partial charge is 0.495 e. The van der Waals surface area contributed by atoms with Crippen LogP contribution in [-0.2, 0) is 0 Å². The molecule has 1 aromatic rings. The highest BCUT2D eigenvalue weighted by Gasteiger charge is 2.25. The van der Waals surface area contributed by atoms with E-state index in [1.807, 2.05) is 19.2 Å². The van der Waals surface area contributed by atoms with E-state index in [-0.39, 0.29) is 5.54 Å². The van der Waals surface area contributed by atoms with Crippen molar-refractivity contribution in [2.24, 2.45) is 4.99 Å². The molecule has 1 aliphatic rings. The van der Waals surface area contributed by atoms with Crippen LogP contribution in [0.15, 0.2) is 29.3 Å². The molecule has 1 fully saturated rings. The minimum atomic E-state index is 0.138. The van der Waals surface area contributed by atoms with Gasteiger partial charge in [0.15, 0.2) is 5.96 Å². The molecule has 2 rings (SSSR count). The summed E-state index contributed by atoms with van der Waals surface area (Å²) in [6, 6.07) is 8.57. The number of guanidine groups is 1. The second-order valence-electron chi connectivity index (χ2n) is 7.42. The number of hydrogen-bond acceptors (Lipinski definition) is 4. The van der Waals surface area contributed by atoms with Crippen LogP contribution in [0.4, 0.5) is 5.69 Å². The second-order valence-corrected chi connectivity index (χ2v) is 7.42. The van der Waals surface area contributed by atoms with Gasteiger partial charge in [-0.05, 0) is 39.3 Å². The molecule has 1 atom stereocenters. The maximum absolute atomic E-state index is 5.48. The summed E-state index contributed by atoms with van der Waals surface area (Å²) < 4.78 is 5.48. The molecule has 1 aliphatic heterocycles. The molecule has 0 amide bonds. The SMILES string of the molecule is CN=C(NCCNC(C)(C)C)NC1CCN(c2ccccc2OC)C1. The maximum atomic E-state index is 5.48. The fraction of sp³-hybridized carbons (Fsp3) is 0.632. The summed E-state index contributed by atoms with van der Waals surface area (Å²) in [5, 5.41) is 10.4. The van der Waals surface area contributed by atoms with Crippen molar-refractivity contribution in [2.75, 3.05) is 45.2 Å². The topological polar surface area (TPSA) is 60.9 Å². The zero-order valence-corrected chi connectivity index (χ0v) is 16.2. The smallest absolute Gasteiger partial charge is 0.191 e. The number of ether oxygens (including phenoxy) is 1. The lowest BCUT2D eigenvalue weighted by Crippen LogP contribution is -2.47. The highest BCUT2D eigenvalue weighted by atomic mass is 16.5. The van der Waals surface area contributed by atoms with Crippen LogP contribution in [0.25, 0.3) is 0 Å². The molecule has 1 aromatic carbocycles. The monoisotopic (exact) mass is 347 g/mol. The molecule has 0 aromatic heterocycles. The van der Waals surface area contributed by atoms with Gasteiger partial charge in [-0.25, -0.2) is 0 Å². The van der Waals surface area contributed by atoms with Gasteiger partial charge in [-0.2, -0.15) is 0 Å². The molecule has 1 saturated heterocycles. The Morgan fingerprint density at radius 3 is 2.72 bits per heavy atom. The average molecular weight is 348 g/mol. The third-order valence-electron chi connectivity index (χ3n) is 4.25. The molecule has 0 aliphatic carbocycles. The zero-order valence-electron chi connectivity index (χ0n) is 16.2. The Balaban J connectivity index is 1.81. The lowest BCUT2D eigenvalue weighted by atomic mass is 10.1. The molecule has 0 radical (unpaired) electrons. The van der Waals surface area contributed by atoms with Gasteiger partial charge < -0.3 is 25.6 Å². The quantitative estimate of drug-likeness (QED) is 0.416. The van der Waals surface area contributed by atoms with Crippen molar-refractivity contribution in [3.63, 3.8) is 0 Å². The van der Waals surface area contributed by atoms with Crippen molar-refractivity contribution in [3.05, 3.63) is 24.3 Å². The first kappa shape index (κ1) is 19.4. The number of anilines is 1. The zero-order chi connectivity index (χ0) is 18.3. The standard InChI is InChI=1S/C19H33N5O/c1-19(2,3)22-12-11-21-18(20-4)23-15-10-13-24(14-15)16-8-6-7-9-17(16)25-5/h6-9,15,22H,10-14H2,1-5H3,(H2,20,21,23). The van der Waals surface area contributed by atoms with E-state index in [9.17, 15) is 0 Å². The fourth-order valence-electron chi connectivity index (χ4n) is 2.99. The summed E-state index contributed by atoms with van der Waals surface area (Å²) >= 11 is 0. The van der Waals surface area contributed by atoms with E-state index in [2.05, 4.69) is 58.7 Å². The van der Waals surface area contributed by atoms with Crippen molar-refractivity contribution in [1.29, 1.82) is 0 Å². The van der Waals surface area contributed by atoms with Crippen LogP contribution in [0.1, 0.15) is 27.2 Å². The van der Waals surface area contributed by atoms with Gasteiger partial charge in [-0.1, -0.05) is 12.1 Å². The Labute approximate surface area is 152 Å². The minimum absolute atomic E-state index is 0.138. The Kier molecular flexibility index (Phi) is 6.93. The molecule has 3 N–H and O–H groups in total. The highest BCUT2D eigenvalue weighted by molar-refractivity contribution is 5.80. The first-order chi connectivity index (χ1) is 11.9. The van der Waals surface area contributed by atoms with Gasteiger partial charge in [0.05, 0.1) is 12.8 Å². The Morgan fingerprint density at radius 2 is 2.04 bits per heavy atom. The third-order valence-corrected chi connectivity index (χ3v) is 4.25. The van der Waals surface area contributed by atoms with Crippen molar-refractivity contribution in [2.45, 2.75) is 38.8 Å². The maximum Gasteiger partial charge on any atom is 0.191 e. The molecule has 6 heteroatoms. The van der Waals surface area contributed by atoms with E-state index in [1.54, 1.807) is 7.11 Å². The molecule has 140 valence electrons. The molecule has 25 heavy (non-hydrogen) atoms. The second kappa shape index (κ2) is 8.94. The van der Waals surface area contributed by atoms with Gasteiger partial charge in [0.25, 0.3) is 0 Å². The minimum Gasteiger partial charge on any atom is -0.495 e. The Bertz CT molecular complexity index is 567. The van der Waals surface area contributed by atoms with Gasteiger partial charge >= 0.3 is 0 Å². The van der Waals surface area contributed by atoms with Crippen molar-refractivity contribution in [3.8, 4) is 5.75 Å². The van der Waals surface area contributed by atoms with Crippen LogP contribution < -0.4 is 25.6 Å². The molecule has 1 unspecified atom stereocenters. The lowest BCUT2D eigenvalue weighted by molar-refractivity contribution is 0.415. The van der Waals surface area contributed by atoms with E-state index >= 15 is 0 Å². The fourth-order valence-corrected chi connectivity index (χ4v) is 2.99. The van der Waals surface area contributed by atoms with Crippen LogP contribution in [0.5, 0.6) is 5.75 Å². The van der Waals surface area contributed by atoms with E-state index in [0.717, 1.165) is 50.0 Å². The number of rotatable bonds is 6. The Hall–Kier alpha value is -1.95. The summed E-state index contributed by atoms with van der Waals surface area (Å²) in [5.41, 5.74) is 1.30. The molecule has 0 saturated carbocycles. The summed E-state index contributed by atoms with van der Waals surface area (Å²) in [6.07, 6.45) is 1.08. The van der Waals surface area contributed by atoms with Crippen LogP contribution >= 0.6 is 0 Å². The van der Waals surface area contributed by atoms with Crippen LogP contribution in [0, 0.1) is 0 Å². The number of para-hydroxylation sites is 2. The number of nitrogens with one attached hydrogen (secondary N) is 3. The predicted molar refractivity (Wildman–Crippen MR) is 106 cm³/mol. The molecule has 0 spiro atoms. The summed E-state index contributed by atoms with van der Waals surface area (Å²) in [6.45, 7) is 10.2. The molecule has 6 nitrogen and oxygen atoms in total. The number of aliphatic imine (C=N–C) groups is 1. The predicted octanol–water partition coefficient (Wildman–Crippen LogP) is 1.83. The normalized spacial score (nSPS) is 18.4. The van der Waals surface area contributed by atoms with Crippen molar-refractivity contribution >= 4 is 11.6 Å². The molecule has 1 heterocycles. The van der Waals surface area contributed by atoms with E-state index in [1.165, 1.54) is 0 Å². The van der Waals surface area contributed by atoms with Gasteiger partial charge in [0.1, 0.15) is 5.75 Å². The number of nitrogens with zero attached hydrogens (tertiary/aromatic N) is 2. The van der Waals surface area contributed by atoms with Gasteiger partial charge in [0.2, 0.25) is 0 Å². The first-order valence-electron chi connectivity index (χ1n) is 9.03. The average Bonchev–Trinajstić information content (AvgIpc) is 3.05. The van der Waals surface area contributed by atoms with Crippen molar-refractivity contribution < 1.29 is 4.74 Å². The van der Waals surface area contributed by atoms with Crippen LogP contribution in [-0.4, -0.2) is 57.9 Å². The lowest BCUT2D eigenvalue weighted by Gasteiger charge is -2.23. The third kappa shape index (κ3) is 6.12. The summed E-state index contributed by atoms with van der Waals surface area (Å²) in [4.78, 5) is 6.71. The van der Waals surface area contributed by atoms with Gasteiger partial charge in [0, 0.05) is 44.8 Å². The highest BCUT2D eigenvalue weighted by Crippen LogP contribution is 2.30. The molecule has 0 bridgehead atoms. The van der Waals surface area contributed by atoms with E-state index < -0.39 is 0 Å². The molecular weight excluding hydrogens is 314 g/mol. The van der Waals surface area contributed by atoms with Crippen molar-refractivity contribution in [1.82, 2.24) is 16.0 Å². The summed E-state index contributed by atoms with van der Waals surface area (Å²) in [5.74, 6) is 1.79. The van der Waals surface area contributed by atoms with E-state index in [4.69, 9.17) is 4.74 Å². The van der Waals surface area contributed by atoms with Crippen LogP contribution in [0.3, 0.4) is 0 Å². The Morgan fingerprint density at radius 1 is 1.28 bits per heavy atom. The number of hydrogen-bond donors (Lipinski definition) is 3.